The van der Waals surface area contributed by atoms with Gasteiger partial charge in [-0.15, -0.1) is 0 Å². The standard InChI is InChI=1S/C29H31N3O2/c33-26(20-34-29-11-5-10-28-27(29)14-15-30-28)19-31-17-25-9-4-3-8-24(31)18-32(25)23-13-12-21-6-1-2-7-22(21)16-23/h1-7,10-16,24-26,30,33H,8-9,17-20H2/t24-,25-,26+/m0/s1. The topological polar surface area (TPSA) is 51.7 Å². The molecule has 5 nitrogen and oxygen atoms in total. The van der Waals surface area contributed by atoms with Crippen molar-refractivity contribution in [1.82, 2.24) is 9.88 Å². The minimum atomic E-state index is -0.534. The highest BCUT2D eigenvalue weighted by molar-refractivity contribution is 5.86. The molecule has 0 amide bonds. The van der Waals surface area contributed by atoms with Crippen molar-refractivity contribution in [2.24, 2.45) is 0 Å². The molecule has 0 radical (unpaired) electrons. The normalized spacial score (nSPS) is 21.6. The maximum atomic E-state index is 10.9. The second-order valence-electron chi connectivity index (χ2n) is 9.55. The lowest BCUT2D eigenvalue weighted by atomic mass is 9.96. The lowest BCUT2D eigenvalue weighted by Crippen LogP contribution is -2.60. The lowest BCUT2D eigenvalue weighted by molar-refractivity contribution is 0.0409. The minimum Gasteiger partial charge on any atom is -0.490 e. The highest BCUT2D eigenvalue weighted by Gasteiger charge is 2.35. The molecule has 1 fully saturated rings. The second kappa shape index (κ2) is 9.16. The first-order chi connectivity index (χ1) is 16.7. The van der Waals surface area contributed by atoms with Gasteiger partial charge in [-0.05, 0) is 53.9 Å². The van der Waals surface area contributed by atoms with Crippen LogP contribution in [-0.4, -0.2) is 59.4 Å². The van der Waals surface area contributed by atoms with Crippen LogP contribution in [0.1, 0.15) is 12.8 Å². The van der Waals surface area contributed by atoms with Crippen LogP contribution in [0.25, 0.3) is 21.7 Å². The second-order valence-corrected chi connectivity index (χ2v) is 9.55. The Morgan fingerprint density at radius 1 is 0.912 bits per heavy atom. The molecule has 4 heterocycles. The highest BCUT2D eigenvalue weighted by atomic mass is 16.5. The summed E-state index contributed by atoms with van der Waals surface area (Å²) < 4.78 is 6.03. The Bertz CT molecular complexity index is 1310. The van der Waals surface area contributed by atoms with Gasteiger partial charge in [-0.25, -0.2) is 0 Å². The Hall–Kier alpha value is -3.28. The maximum absolute atomic E-state index is 10.9. The molecule has 2 N–H and O–H groups in total. The van der Waals surface area contributed by atoms with Crippen molar-refractivity contribution in [3.8, 4) is 5.75 Å². The number of aliphatic hydroxyl groups is 1. The number of aromatic amines is 1. The van der Waals surface area contributed by atoms with Crippen LogP contribution >= 0.6 is 0 Å². The maximum Gasteiger partial charge on any atom is 0.128 e. The van der Waals surface area contributed by atoms with Crippen LogP contribution in [0.3, 0.4) is 0 Å². The molecule has 0 saturated carbocycles. The molecule has 3 atom stereocenters. The third kappa shape index (κ3) is 4.17. The van der Waals surface area contributed by atoms with Gasteiger partial charge in [0.25, 0.3) is 0 Å². The zero-order valence-electron chi connectivity index (χ0n) is 19.3. The Labute approximate surface area is 200 Å². The number of rotatable bonds is 6. The predicted molar refractivity (Wildman–Crippen MR) is 139 cm³/mol. The van der Waals surface area contributed by atoms with Gasteiger partial charge < -0.3 is 19.7 Å². The van der Waals surface area contributed by atoms with E-state index in [1.807, 2.05) is 30.5 Å². The average molecular weight is 454 g/mol. The minimum absolute atomic E-state index is 0.294. The zero-order chi connectivity index (χ0) is 22.9. The molecule has 2 bridgehead atoms. The summed E-state index contributed by atoms with van der Waals surface area (Å²) in [6.45, 7) is 2.85. The van der Waals surface area contributed by atoms with E-state index in [9.17, 15) is 5.11 Å². The highest BCUT2D eigenvalue weighted by Crippen LogP contribution is 2.31. The number of hydrogen-bond acceptors (Lipinski definition) is 4. The van der Waals surface area contributed by atoms with Gasteiger partial charge in [0.15, 0.2) is 0 Å². The van der Waals surface area contributed by atoms with Crippen LogP contribution in [0.4, 0.5) is 5.69 Å². The Morgan fingerprint density at radius 2 is 1.76 bits per heavy atom. The van der Waals surface area contributed by atoms with Gasteiger partial charge >= 0.3 is 0 Å². The number of fused-ring (bicyclic) bond motifs is 6. The molecule has 1 saturated heterocycles. The number of hydrogen-bond donors (Lipinski definition) is 2. The summed E-state index contributed by atoms with van der Waals surface area (Å²) >= 11 is 0. The average Bonchev–Trinajstić information content (AvgIpc) is 3.33. The third-order valence-electron chi connectivity index (χ3n) is 7.29. The molecule has 174 valence electrons. The molecule has 3 aliphatic rings. The number of aliphatic hydroxyl groups excluding tert-OH is 1. The first kappa shape index (κ1) is 21.3. The number of H-pyrrole nitrogens is 1. The number of aromatic nitrogens is 1. The number of anilines is 1. The van der Waals surface area contributed by atoms with Crippen LogP contribution in [-0.2, 0) is 0 Å². The monoisotopic (exact) mass is 453 g/mol. The van der Waals surface area contributed by atoms with Gasteiger partial charge in [0.1, 0.15) is 18.5 Å². The van der Waals surface area contributed by atoms with E-state index in [2.05, 4.69) is 69.4 Å². The Balaban J connectivity index is 1.14. The number of benzene rings is 3. The zero-order valence-corrected chi connectivity index (χ0v) is 19.3. The van der Waals surface area contributed by atoms with Crippen molar-refractivity contribution in [2.75, 3.05) is 31.1 Å². The number of piperazine rings is 1. The Morgan fingerprint density at radius 3 is 2.68 bits per heavy atom. The smallest absolute Gasteiger partial charge is 0.128 e. The van der Waals surface area contributed by atoms with Crippen molar-refractivity contribution < 1.29 is 9.84 Å². The van der Waals surface area contributed by atoms with Crippen LogP contribution < -0.4 is 9.64 Å². The van der Waals surface area contributed by atoms with Gasteiger partial charge in [-0.1, -0.05) is 48.6 Å². The summed E-state index contributed by atoms with van der Waals surface area (Å²) in [5.41, 5.74) is 2.35. The summed E-state index contributed by atoms with van der Waals surface area (Å²) in [4.78, 5) is 8.25. The molecule has 3 aliphatic heterocycles. The van der Waals surface area contributed by atoms with E-state index in [0.29, 0.717) is 25.2 Å². The molecule has 1 aromatic heterocycles. The molecule has 4 aromatic rings. The first-order valence-electron chi connectivity index (χ1n) is 12.3. The van der Waals surface area contributed by atoms with Crippen LogP contribution in [0.5, 0.6) is 5.75 Å². The fraction of sp³-hybridized carbons (Fsp3) is 0.310. The van der Waals surface area contributed by atoms with E-state index in [1.165, 1.54) is 16.5 Å². The summed E-state index contributed by atoms with van der Waals surface area (Å²) in [6, 6.07) is 24.1. The summed E-state index contributed by atoms with van der Waals surface area (Å²) in [5, 5.41) is 14.5. The lowest BCUT2D eigenvalue weighted by Gasteiger charge is -2.48. The van der Waals surface area contributed by atoms with E-state index in [4.69, 9.17) is 4.74 Å². The predicted octanol–water partition coefficient (Wildman–Crippen LogP) is 4.97. The van der Waals surface area contributed by atoms with Crippen molar-refractivity contribution in [1.29, 1.82) is 0 Å². The molecular formula is C29H31N3O2. The van der Waals surface area contributed by atoms with Gasteiger partial charge in [-0.3, -0.25) is 4.90 Å². The quantitative estimate of drug-likeness (QED) is 0.405. The fourth-order valence-corrected chi connectivity index (χ4v) is 5.53. The van der Waals surface area contributed by atoms with E-state index in [1.54, 1.807) is 0 Å². The summed E-state index contributed by atoms with van der Waals surface area (Å²) in [5.74, 6) is 0.817. The van der Waals surface area contributed by atoms with Gasteiger partial charge in [0.2, 0.25) is 0 Å². The number of ether oxygens (including phenoxy) is 1. The van der Waals surface area contributed by atoms with Crippen molar-refractivity contribution >= 4 is 27.4 Å². The molecule has 0 unspecified atom stereocenters. The molecule has 3 aromatic carbocycles. The van der Waals surface area contributed by atoms with Gasteiger partial charge in [0.05, 0.1) is 0 Å². The summed E-state index contributed by atoms with van der Waals surface area (Å²) in [7, 11) is 0. The van der Waals surface area contributed by atoms with Crippen LogP contribution in [0, 0.1) is 0 Å². The molecule has 34 heavy (non-hydrogen) atoms. The molecule has 0 aliphatic carbocycles. The fourth-order valence-electron chi connectivity index (χ4n) is 5.53. The van der Waals surface area contributed by atoms with Crippen molar-refractivity contribution in [3.63, 3.8) is 0 Å². The summed E-state index contributed by atoms with van der Waals surface area (Å²) in [6.07, 6.45) is 8.06. The molecule has 5 heteroatoms. The van der Waals surface area contributed by atoms with E-state index in [-0.39, 0.29) is 0 Å². The molecule has 7 rings (SSSR count). The van der Waals surface area contributed by atoms with Gasteiger partial charge in [-0.2, -0.15) is 0 Å². The molecular weight excluding hydrogens is 422 g/mol. The van der Waals surface area contributed by atoms with Crippen molar-refractivity contribution in [2.45, 2.75) is 31.0 Å². The van der Waals surface area contributed by atoms with E-state index < -0.39 is 6.10 Å². The van der Waals surface area contributed by atoms with E-state index in [0.717, 1.165) is 42.6 Å². The largest absolute Gasteiger partial charge is 0.490 e. The third-order valence-corrected chi connectivity index (χ3v) is 7.29. The van der Waals surface area contributed by atoms with Gasteiger partial charge in [0, 0.05) is 54.5 Å². The first-order valence-corrected chi connectivity index (χ1v) is 12.3. The number of nitrogens with one attached hydrogen (secondary N) is 1. The Kier molecular flexibility index (Phi) is 5.73. The van der Waals surface area contributed by atoms with Crippen LogP contribution in [0.15, 0.2) is 85.1 Å². The molecule has 0 spiro atoms. The van der Waals surface area contributed by atoms with E-state index >= 15 is 0 Å². The SMILES string of the molecule is O[C@@H](COc1cccc2[nH]ccc12)CN1C[C@@H]2CC=CC[C@H]1CN2c1ccc2ccccc2c1. The van der Waals surface area contributed by atoms with Crippen LogP contribution in [0.2, 0.25) is 0 Å². The number of nitrogens with zero attached hydrogens (tertiary/aromatic N) is 2. The van der Waals surface area contributed by atoms with Crippen molar-refractivity contribution in [3.05, 3.63) is 85.1 Å².